The molecule has 1 aliphatic heterocycles. The van der Waals surface area contributed by atoms with Crippen LogP contribution in [0.15, 0.2) is 36.4 Å². The summed E-state index contributed by atoms with van der Waals surface area (Å²) < 4.78 is 76.0. The molecule has 1 aliphatic carbocycles. The zero-order chi connectivity index (χ0) is 25.9. The summed E-state index contributed by atoms with van der Waals surface area (Å²) in [7, 11) is -1.59. The summed E-state index contributed by atoms with van der Waals surface area (Å²) in [5, 5.41) is 9.45. The average molecular weight is 531 g/mol. The molecule has 36 heavy (non-hydrogen) atoms. The van der Waals surface area contributed by atoms with Gasteiger partial charge in [0.2, 0.25) is 0 Å². The van der Waals surface area contributed by atoms with E-state index in [0.717, 1.165) is 62.0 Å². The molecule has 1 atom stereocenters. The number of rotatable bonds is 10. The Morgan fingerprint density at radius 2 is 1.75 bits per heavy atom. The van der Waals surface area contributed by atoms with E-state index >= 15 is 0 Å². The van der Waals surface area contributed by atoms with E-state index in [2.05, 4.69) is 4.90 Å². The Labute approximate surface area is 210 Å². The van der Waals surface area contributed by atoms with Crippen LogP contribution in [-0.4, -0.2) is 51.0 Å². The number of hydrogen-bond donors (Lipinski definition) is 1. The van der Waals surface area contributed by atoms with E-state index in [0.29, 0.717) is 28.2 Å². The highest BCUT2D eigenvalue weighted by molar-refractivity contribution is 7.81. The van der Waals surface area contributed by atoms with Gasteiger partial charge >= 0.3 is 6.18 Å². The number of alkyl halides is 3. The van der Waals surface area contributed by atoms with Crippen LogP contribution in [-0.2, 0) is 35.1 Å². The van der Waals surface area contributed by atoms with Gasteiger partial charge in [0, 0.05) is 31.5 Å². The third-order valence-corrected chi connectivity index (χ3v) is 7.19. The molecule has 2 fully saturated rings. The third-order valence-electron chi connectivity index (χ3n) is 6.49. The Kier molecular flexibility index (Phi) is 8.67. The van der Waals surface area contributed by atoms with Crippen molar-refractivity contribution in [1.82, 2.24) is 9.37 Å². The Morgan fingerprint density at radius 1 is 1.08 bits per heavy atom. The molecular formula is C25H30F4N2O4S. The minimum atomic E-state index is -4.37. The van der Waals surface area contributed by atoms with E-state index in [9.17, 15) is 27.0 Å². The van der Waals surface area contributed by atoms with Crippen molar-refractivity contribution in [3.05, 3.63) is 64.5 Å². The molecule has 4 rings (SSSR count). The highest BCUT2D eigenvalue weighted by Crippen LogP contribution is 2.43. The Balaban J connectivity index is 1.31. The van der Waals surface area contributed by atoms with Gasteiger partial charge in [-0.1, -0.05) is 4.47 Å². The van der Waals surface area contributed by atoms with Crippen LogP contribution in [0.1, 0.15) is 53.9 Å². The second-order valence-corrected chi connectivity index (χ2v) is 10.6. The molecule has 1 saturated heterocycles. The summed E-state index contributed by atoms with van der Waals surface area (Å²) >= 11 is 0. The van der Waals surface area contributed by atoms with E-state index in [-0.39, 0.29) is 25.3 Å². The number of likely N-dealkylation sites (tertiary alicyclic amines) is 1. The number of piperidine rings is 1. The fraction of sp³-hybridized carbons (Fsp3) is 0.520. The van der Waals surface area contributed by atoms with E-state index in [1.165, 1.54) is 18.4 Å². The van der Waals surface area contributed by atoms with Crippen molar-refractivity contribution in [2.45, 2.75) is 57.0 Å². The van der Waals surface area contributed by atoms with Gasteiger partial charge < -0.3 is 9.47 Å². The Hall–Kier alpha value is -2.05. The molecule has 0 spiro atoms. The number of benzene rings is 2. The molecule has 2 aromatic carbocycles. The third kappa shape index (κ3) is 7.25. The van der Waals surface area contributed by atoms with Crippen LogP contribution in [0.25, 0.3) is 0 Å². The number of nitrogens with zero attached hydrogens (tertiary/aromatic N) is 2. The molecule has 0 radical (unpaired) electrons. The van der Waals surface area contributed by atoms with Crippen molar-refractivity contribution in [3.63, 3.8) is 0 Å². The van der Waals surface area contributed by atoms with Crippen molar-refractivity contribution in [1.29, 1.82) is 0 Å². The molecule has 1 saturated carbocycles. The zero-order valence-corrected chi connectivity index (χ0v) is 20.8. The summed E-state index contributed by atoms with van der Waals surface area (Å²) in [5.41, 5.74) is 1.76. The molecule has 6 nitrogen and oxygen atoms in total. The van der Waals surface area contributed by atoms with E-state index in [4.69, 9.17) is 9.47 Å². The van der Waals surface area contributed by atoms with E-state index in [1.807, 2.05) is 6.07 Å². The predicted molar refractivity (Wildman–Crippen MR) is 126 cm³/mol. The largest absolute Gasteiger partial charge is 0.490 e. The number of hydrogen-bond acceptors (Lipinski definition) is 5. The summed E-state index contributed by atoms with van der Waals surface area (Å²) in [6.07, 6.45) is 0.428. The SMILES string of the molecule is CS(=O)N(O)COCc1cc(C2CC2)c(CN2CCC(Oc3ccc(C(F)(F)F)cc3)CC2)cc1F. The first kappa shape index (κ1) is 27.0. The normalized spacial score (nSPS) is 18.5. The van der Waals surface area contributed by atoms with Crippen LogP contribution in [0.5, 0.6) is 5.75 Å². The summed E-state index contributed by atoms with van der Waals surface area (Å²) in [6, 6.07) is 8.16. The van der Waals surface area contributed by atoms with Crippen LogP contribution < -0.4 is 4.74 Å². The smallest absolute Gasteiger partial charge is 0.416 e. The van der Waals surface area contributed by atoms with Crippen LogP contribution in [0.4, 0.5) is 17.6 Å². The average Bonchev–Trinajstić information content (AvgIpc) is 3.66. The first-order valence-corrected chi connectivity index (χ1v) is 13.4. The summed E-state index contributed by atoms with van der Waals surface area (Å²) in [4.78, 5) is 2.24. The van der Waals surface area contributed by atoms with Crippen molar-refractivity contribution < 1.29 is 36.5 Å². The fourth-order valence-corrected chi connectivity index (χ4v) is 4.57. The van der Waals surface area contributed by atoms with Gasteiger partial charge in [-0.15, -0.1) is 0 Å². The van der Waals surface area contributed by atoms with E-state index in [1.54, 1.807) is 6.07 Å². The molecular weight excluding hydrogens is 500 g/mol. The second kappa shape index (κ2) is 11.6. The first-order chi connectivity index (χ1) is 17.1. The zero-order valence-electron chi connectivity index (χ0n) is 20.0. The fourth-order valence-electron chi connectivity index (χ4n) is 4.35. The number of hydroxylamine groups is 1. The van der Waals surface area contributed by atoms with Gasteiger partial charge in [0.15, 0.2) is 0 Å². The molecule has 0 amide bonds. The van der Waals surface area contributed by atoms with Crippen LogP contribution >= 0.6 is 0 Å². The standard InChI is InChI=1S/C25H30F4N2O4S/c1-36(33)31(32)16-34-15-19-12-23(17-2-3-17)18(13-24(19)26)14-30-10-8-22(9-11-30)35-21-6-4-20(5-7-21)25(27,28)29/h4-7,12-13,17,22,32H,2-3,8-11,14-16H2,1H3. The van der Waals surface area contributed by atoms with Crippen LogP contribution in [0, 0.1) is 5.82 Å². The van der Waals surface area contributed by atoms with Gasteiger partial charge in [0.1, 0.15) is 35.4 Å². The van der Waals surface area contributed by atoms with Gasteiger partial charge in [0.25, 0.3) is 0 Å². The minimum Gasteiger partial charge on any atom is -0.490 e. The van der Waals surface area contributed by atoms with Gasteiger partial charge in [-0.05, 0) is 79.1 Å². The second-order valence-electron chi connectivity index (χ2n) is 9.29. The van der Waals surface area contributed by atoms with Crippen LogP contribution in [0.2, 0.25) is 0 Å². The van der Waals surface area contributed by atoms with Gasteiger partial charge in [0.05, 0.1) is 12.2 Å². The topological polar surface area (TPSA) is 62.2 Å². The lowest BCUT2D eigenvalue weighted by atomic mass is 9.98. The maximum absolute atomic E-state index is 14.8. The predicted octanol–water partition coefficient (Wildman–Crippen LogP) is 5.22. The highest BCUT2D eigenvalue weighted by Gasteiger charge is 2.31. The van der Waals surface area contributed by atoms with Crippen molar-refractivity contribution in [2.24, 2.45) is 0 Å². The van der Waals surface area contributed by atoms with Crippen molar-refractivity contribution in [3.8, 4) is 5.75 Å². The first-order valence-electron chi connectivity index (χ1n) is 11.9. The van der Waals surface area contributed by atoms with Gasteiger partial charge in [-0.3, -0.25) is 10.1 Å². The Bertz CT molecular complexity index is 1060. The lowest BCUT2D eigenvalue weighted by molar-refractivity contribution is -0.137. The molecule has 1 heterocycles. The lowest BCUT2D eigenvalue weighted by Crippen LogP contribution is -2.38. The molecule has 11 heteroatoms. The molecule has 1 N–H and O–H groups in total. The molecule has 2 aromatic rings. The van der Waals surface area contributed by atoms with E-state index < -0.39 is 22.7 Å². The maximum Gasteiger partial charge on any atom is 0.416 e. The lowest BCUT2D eigenvalue weighted by Gasteiger charge is -2.32. The highest BCUT2D eigenvalue weighted by atomic mass is 32.2. The monoisotopic (exact) mass is 530 g/mol. The number of halogens is 4. The molecule has 0 aromatic heterocycles. The van der Waals surface area contributed by atoms with Crippen molar-refractivity contribution in [2.75, 3.05) is 26.1 Å². The number of ether oxygens (including phenoxy) is 2. The Morgan fingerprint density at radius 3 is 2.33 bits per heavy atom. The van der Waals surface area contributed by atoms with Crippen LogP contribution in [0.3, 0.4) is 0 Å². The van der Waals surface area contributed by atoms with Gasteiger partial charge in [-0.25, -0.2) is 8.60 Å². The molecule has 2 aliphatic rings. The molecule has 1 unspecified atom stereocenters. The minimum absolute atomic E-state index is 0.0349. The summed E-state index contributed by atoms with van der Waals surface area (Å²) in [6.45, 7) is 1.76. The quantitative estimate of drug-likeness (QED) is 0.259. The molecule has 198 valence electrons. The maximum atomic E-state index is 14.8. The molecule has 0 bridgehead atoms. The van der Waals surface area contributed by atoms with Gasteiger partial charge in [-0.2, -0.15) is 13.2 Å². The summed E-state index contributed by atoms with van der Waals surface area (Å²) in [5.74, 6) is 0.446. The van der Waals surface area contributed by atoms with Crippen molar-refractivity contribution >= 4 is 11.0 Å².